The summed E-state index contributed by atoms with van der Waals surface area (Å²) in [4.78, 5) is 8.35. The predicted molar refractivity (Wildman–Crippen MR) is 114 cm³/mol. The number of pyridine rings is 1. The van der Waals surface area contributed by atoms with Crippen molar-refractivity contribution in [1.82, 2.24) is 10.3 Å². The Hall–Kier alpha value is -0.940. The van der Waals surface area contributed by atoms with E-state index in [0.29, 0.717) is 0 Å². The van der Waals surface area contributed by atoms with Crippen molar-refractivity contribution in [3.8, 4) is 0 Å². The normalized spacial score (nSPS) is 16.7. The van der Waals surface area contributed by atoms with Crippen molar-refractivity contribution in [3.63, 3.8) is 0 Å². The molecule has 0 unspecified atom stereocenters. The van der Waals surface area contributed by atoms with E-state index in [2.05, 4.69) is 39.5 Å². The molecular weight excluding hydrogens is 385 g/mol. The fourth-order valence-electron chi connectivity index (χ4n) is 3.68. The Bertz CT molecular complexity index is 731. The van der Waals surface area contributed by atoms with Gasteiger partial charge in [0.05, 0.1) is 22.6 Å². The van der Waals surface area contributed by atoms with Gasteiger partial charge >= 0.3 is 0 Å². The Labute approximate surface area is 171 Å². The molecule has 2 aliphatic rings. The standard InChI is InChI=1S/C20H24ClN3S.ClH/c21-19-6-3-15-7-9-22-10-8-18(15)20(19)25-14-16-4-5-17(13-23-16)24-11-1-2-12-24;/h3-6,13,22H,1-2,7-12,14H2;1H. The third-order valence-corrected chi connectivity index (χ3v) is 6.70. The highest BCUT2D eigenvalue weighted by molar-refractivity contribution is 7.98. The van der Waals surface area contributed by atoms with Crippen LogP contribution < -0.4 is 10.2 Å². The molecule has 3 heterocycles. The maximum absolute atomic E-state index is 6.52. The van der Waals surface area contributed by atoms with Crippen molar-refractivity contribution in [3.05, 3.63) is 52.3 Å². The van der Waals surface area contributed by atoms with Gasteiger partial charge in [0.2, 0.25) is 0 Å². The Morgan fingerprint density at radius 2 is 1.88 bits per heavy atom. The minimum absolute atomic E-state index is 0. The average Bonchev–Trinajstić information content (AvgIpc) is 3.07. The van der Waals surface area contributed by atoms with E-state index >= 15 is 0 Å². The number of aromatic nitrogens is 1. The molecule has 1 N–H and O–H groups in total. The molecule has 140 valence electrons. The molecule has 1 saturated heterocycles. The number of thioether (sulfide) groups is 1. The highest BCUT2D eigenvalue weighted by Crippen LogP contribution is 2.36. The molecule has 0 radical (unpaired) electrons. The van der Waals surface area contributed by atoms with E-state index in [9.17, 15) is 0 Å². The smallest absolute Gasteiger partial charge is 0.0552 e. The Morgan fingerprint density at radius 1 is 1.08 bits per heavy atom. The highest BCUT2D eigenvalue weighted by atomic mass is 35.5. The molecule has 3 nitrogen and oxygen atoms in total. The molecule has 1 aromatic heterocycles. The van der Waals surface area contributed by atoms with Crippen LogP contribution in [0.2, 0.25) is 5.02 Å². The van der Waals surface area contributed by atoms with Gasteiger partial charge in [0.1, 0.15) is 0 Å². The van der Waals surface area contributed by atoms with E-state index in [1.54, 1.807) is 0 Å². The maximum atomic E-state index is 6.52. The number of rotatable bonds is 4. The first-order valence-corrected chi connectivity index (χ1v) is 10.5. The highest BCUT2D eigenvalue weighted by Gasteiger charge is 2.16. The maximum Gasteiger partial charge on any atom is 0.0552 e. The van der Waals surface area contributed by atoms with E-state index in [1.807, 2.05) is 18.0 Å². The molecule has 26 heavy (non-hydrogen) atoms. The van der Waals surface area contributed by atoms with Crippen molar-refractivity contribution in [1.29, 1.82) is 0 Å². The van der Waals surface area contributed by atoms with Crippen LogP contribution in [0, 0.1) is 0 Å². The number of nitrogens with zero attached hydrogens (tertiary/aromatic N) is 2. The second kappa shape index (κ2) is 9.32. The lowest BCUT2D eigenvalue weighted by atomic mass is 10.0. The molecule has 1 fully saturated rings. The number of hydrogen-bond donors (Lipinski definition) is 1. The molecule has 0 amide bonds. The van der Waals surface area contributed by atoms with Gasteiger partial charge in [-0.25, -0.2) is 0 Å². The summed E-state index contributed by atoms with van der Waals surface area (Å²) in [6.07, 6.45) is 6.76. The molecular formula is C20H25Cl2N3S. The molecule has 1 aromatic carbocycles. The van der Waals surface area contributed by atoms with Gasteiger partial charge in [-0.05, 0) is 68.1 Å². The molecule has 4 rings (SSSR count). The Kier molecular flexibility index (Phi) is 7.10. The molecule has 0 saturated carbocycles. The zero-order valence-electron chi connectivity index (χ0n) is 14.8. The molecule has 0 spiro atoms. The molecule has 0 atom stereocenters. The van der Waals surface area contributed by atoms with Gasteiger partial charge in [-0.2, -0.15) is 0 Å². The van der Waals surface area contributed by atoms with E-state index < -0.39 is 0 Å². The van der Waals surface area contributed by atoms with Crippen LogP contribution in [0.4, 0.5) is 5.69 Å². The lowest BCUT2D eigenvalue weighted by Gasteiger charge is -2.17. The summed E-state index contributed by atoms with van der Waals surface area (Å²) in [5.74, 6) is 0.865. The largest absolute Gasteiger partial charge is 0.370 e. The van der Waals surface area contributed by atoms with Gasteiger partial charge in [0, 0.05) is 23.7 Å². The second-order valence-corrected chi connectivity index (χ2v) is 8.15. The number of halogens is 2. The van der Waals surface area contributed by atoms with Crippen molar-refractivity contribution >= 4 is 41.5 Å². The number of nitrogens with one attached hydrogen (secondary N) is 1. The minimum atomic E-state index is 0. The third kappa shape index (κ3) is 4.48. The van der Waals surface area contributed by atoms with E-state index in [0.717, 1.165) is 55.5 Å². The Morgan fingerprint density at radius 3 is 2.65 bits per heavy atom. The number of fused-ring (bicyclic) bond motifs is 1. The van der Waals surface area contributed by atoms with Gasteiger partial charge in [-0.1, -0.05) is 17.7 Å². The van der Waals surface area contributed by atoms with Crippen LogP contribution in [0.1, 0.15) is 29.7 Å². The van der Waals surface area contributed by atoms with Crippen LogP contribution in [0.15, 0.2) is 35.4 Å². The van der Waals surface area contributed by atoms with Gasteiger partial charge in [-0.15, -0.1) is 24.2 Å². The predicted octanol–water partition coefficient (Wildman–Crippen LogP) is 4.74. The minimum Gasteiger partial charge on any atom is -0.370 e. The quantitative estimate of drug-likeness (QED) is 0.738. The van der Waals surface area contributed by atoms with Crippen LogP contribution in [0.25, 0.3) is 0 Å². The zero-order chi connectivity index (χ0) is 17.1. The molecule has 6 heteroatoms. The van der Waals surface area contributed by atoms with Crippen LogP contribution in [0.5, 0.6) is 0 Å². The second-order valence-electron chi connectivity index (χ2n) is 6.75. The first kappa shape index (κ1) is 19.8. The molecule has 2 aliphatic heterocycles. The molecule has 0 bridgehead atoms. The zero-order valence-corrected chi connectivity index (χ0v) is 17.2. The summed E-state index contributed by atoms with van der Waals surface area (Å²) in [5, 5.41) is 4.35. The summed E-state index contributed by atoms with van der Waals surface area (Å²) < 4.78 is 0. The van der Waals surface area contributed by atoms with Crippen LogP contribution in [-0.4, -0.2) is 31.2 Å². The van der Waals surface area contributed by atoms with Crippen molar-refractivity contribution in [2.24, 2.45) is 0 Å². The number of anilines is 1. The van der Waals surface area contributed by atoms with Gasteiger partial charge in [0.25, 0.3) is 0 Å². The number of benzene rings is 1. The lowest BCUT2D eigenvalue weighted by molar-refractivity contribution is 0.709. The fraction of sp³-hybridized carbons (Fsp3) is 0.450. The Balaban J connectivity index is 0.00000196. The topological polar surface area (TPSA) is 28.2 Å². The van der Waals surface area contributed by atoms with E-state index in [4.69, 9.17) is 11.6 Å². The summed E-state index contributed by atoms with van der Waals surface area (Å²) in [6, 6.07) is 8.62. The van der Waals surface area contributed by atoms with Crippen molar-refractivity contribution in [2.75, 3.05) is 31.1 Å². The van der Waals surface area contributed by atoms with Crippen molar-refractivity contribution < 1.29 is 0 Å². The van der Waals surface area contributed by atoms with Crippen LogP contribution in [0.3, 0.4) is 0 Å². The molecule has 0 aliphatic carbocycles. The summed E-state index contributed by atoms with van der Waals surface area (Å²) in [7, 11) is 0. The van der Waals surface area contributed by atoms with Crippen molar-refractivity contribution in [2.45, 2.75) is 36.3 Å². The summed E-state index contributed by atoms with van der Waals surface area (Å²) in [5.41, 5.74) is 5.24. The monoisotopic (exact) mass is 409 g/mol. The van der Waals surface area contributed by atoms with E-state index in [1.165, 1.54) is 34.6 Å². The summed E-state index contributed by atoms with van der Waals surface area (Å²) >= 11 is 8.35. The first-order chi connectivity index (χ1) is 12.3. The van der Waals surface area contributed by atoms with Gasteiger partial charge < -0.3 is 10.2 Å². The number of hydrogen-bond acceptors (Lipinski definition) is 4. The third-order valence-electron chi connectivity index (χ3n) is 5.08. The first-order valence-electron chi connectivity index (χ1n) is 9.15. The SMILES string of the molecule is Cl.Clc1ccc2c(c1SCc1ccc(N3CCCC3)cn1)CCNCC2. The summed E-state index contributed by atoms with van der Waals surface area (Å²) in [6.45, 7) is 4.41. The fourth-order valence-corrected chi connectivity index (χ4v) is 5.09. The lowest BCUT2D eigenvalue weighted by Crippen LogP contribution is -2.17. The van der Waals surface area contributed by atoms with Gasteiger partial charge in [-0.3, -0.25) is 4.98 Å². The van der Waals surface area contributed by atoms with Gasteiger partial charge in [0.15, 0.2) is 0 Å². The average molecular weight is 410 g/mol. The van der Waals surface area contributed by atoms with Crippen LogP contribution >= 0.6 is 35.8 Å². The van der Waals surface area contributed by atoms with E-state index in [-0.39, 0.29) is 12.4 Å². The molecule has 2 aromatic rings. The van der Waals surface area contributed by atoms with Crippen LogP contribution in [-0.2, 0) is 18.6 Å².